The molecule has 0 aliphatic heterocycles. The number of carbonyl (C=O) groups is 1. The van der Waals surface area contributed by atoms with Crippen molar-refractivity contribution < 1.29 is 18.5 Å². The van der Waals surface area contributed by atoms with Crippen LogP contribution in [0, 0.1) is 11.7 Å². The van der Waals surface area contributed by atoms with Crippen molar-refractivity contribution in [2.24, 2.45) is 5.92 Å². The number of halogens is 2. The number of benzene rings is 1. The van der Waals surface area contributed by atoms with Gasteiger partial charge in [0.15, 0.2) is 0 Å². The second-order valence-corrected chi connectivity index (χ2v) is 6.14. The molecule has 3 nitrogen and oxygen atoms in total. The highest BCUT2D eigenvalue weighted by atomic mass is 79.9. The smallest absolute Gasteiger partial charge is 0.307 e. The molecule has 2 atom stereocenters. The van der Waals surface area contributed by atoms with E-state index in [0.29, 0.717) is 10.0 Å². The molecule has 0 aromatic heterocycles. The van der Waals surface area contributed by atoms with Gasteiger partial charge >= 0.3 is 5.97 Å². The average Bonchev–Trinajstić information content (AvgIpc) is 2.22. The first-order valence-corrected chi connectivity index (χ1v) is 7.20. The molecule has 1 N–H and O–H groups in total. The summed E-state index contributed by atoms with van der Waals surface area (Å²) in [6, 6.07) is 4.51. The summed E-state index contributed by atoms with van der Waals surface area (Å²) in [5, 5.41) is 8.67. The topological polar surface area (TPSA) is 54.4 Å². The molecule has 1 rings (SSSR count). The van der Waals surface area contributed by atoms with Crippen LogP contribution in [-0.2, 0) is 21.3 Å². The minimum Gasteiger partial charge on any atom is -0.481 e. The molecular weight excluding hydrogens is 311 g/mol. The highest BCUT2D eigenvalue weighted by Crippen LogP contribution is 2.17. The van der Waals surface area contributed by atoms with Gasteiger partial charge in [-0.15, -0.1) is 0 Å². The summed E-state index contributed by atoms with van der Waals surface area (Å²) < 4.78 is 25.7. The van der Waals surface area contributed by atoms with Crippen LogP contribution in [0.1, 0.15) is 12.5 Å². The molecule has 0 heterocycles. The van der Waals surface area contributed by atoms with Gasteiger partial charge in [-0.2, -0.15) is 0 Å². The van der Waals surface area contributed by atoms with Crippen LogP contribution in [0.4, 0.5) is 4.39 Å². The molecule has 0 fully saturated rings. The molecular formula is C11H12BrFO3S. The molecule has 0 saturated heterocycles. The normalized spacial score (nSPS) is 14.3. The lowest BCUT2D eigenvalue weighted by atomic mass is 10.2. The van der Waals surface area contributed by atoms with Crippen LogP contribution < -0.4 is 0 Å². The fraction of sp³-hybridized carbons (Fsp3) is 0.364. The summed E-state index contributed by atoms with van der Waals surface area (Å²) >= 11 is 3.13. The monoisotopic (exact) mass is 322 g/mol. The predicted molar refractivity (Wildman–Crippen MR) is 67.6 cm³/mol. The van der Waals surface area contributed by atoms with Crippen molar-refractivity contribution in [2.75, 3.05) is 5.75 Å². The van der Waals surface area contributed by atoms with Gasteiger partial charge in [-0.05, 0) is 12.1 Å². The summed E-state index contributed by atoms with van der Waals surface area (Å²) in [5.74, 6) is -2.04. The standard InChI is InChI=1S/C11H12BrFO3S/c1-7(11(14)15)5-17(16)6-8-2-3-9(12)4-10(8)13/h2-4,7H,5-6H2,1H3,(H,14,15). The van der Waals surface area contributed by atoms with Gasteiger partial charge in [0.1, 0.15) is 5.82 Å². The molecule has 94 valence electrons. The van der Waals surface area contributed by atoms with Crippen LogP contribution in [0.5, 0.6) is 0 Å². The van der Waals surface area contributed by atoms with E-state index in [0.717, 1.165) is 0 Å². The number of rotatable bonds is 5. The first kappa shape index (κ1) is 14.3. The Labute approximate surface area is 110 Å². The Kier molecular flexibility index (Phi) is 5.27. The summed E-state index contributed by atoms with van der Waals surface area (Å²) in [4.78, 5) is 10.6. The van der Waals surface area contributed by atoms with E-state index < -0.39 is 28.5 Å². The first-order chi connectivity index (χ1) is 7.90. The number of carboxylic acids is 1. The molecule has 0 aliphatic carbocycles. The second kappa shape index (κ2) is 6.26. The predicted octanol–water partition coefficient (Wildman–Crippen LogP) is 2.56. The van der Waals surface area contributed by atoms with E-state index in [-0.39, 0.29) is 11.5 Å². The zero-order chi connectivity index (χ0) is 13.0. The molecule has 0 bridgehead atoms. The van der Waals surface area contributed by atoms with Gasteiger partial charge in [0.25, 0.3) is 0 Å². The maximum Gasteiger partial charge on any atom is 0.307 e. The SMILES string of the molecule is CC(CS(=O)Cc1ccc(Br)cc1F)C(=O)O. The van der Waals surface area contributed by atoms with E-state index in [1.54, 1.807) is 12.1 Å². The van der Waals surface area contributed by atoms with Crippen LogP contribution in [0.2, 0.25) is 0 Å². The van der Waals surface area contributed by atoms with Crippen LogP contribution in [0.15, 0.2) is 22.7 Å². The number of hydrogen-bond acceptors (Lipinski definition) is 2. The summed E-state index contributed by atoms with van der Waals surface area (Å²) in [5.41, 5.74) is 0.337. The first-order valence-electron chi connectivity index (χ1n) is 4.92. The Morgan fingerprint density at radius 2 is 2.24 bits per heavy atom. The van der Waals surface area contributed by atoms with E-state index in [9.17, 15) is 13.4 Å². The molecule has 0 amide bonds. The maximum absolute atomic E-state index is 13.4. The van der Waals surface area contributed by atoms with Gasteiger partial charge in [0, 0.05) is 26.6 Å². The van der Waals surface area contributed by atoms with E-state index in [4.69, 9.17) is 5.11 Å². The van der Waals surface area contributed by atoms with Gasteiger partial charge in [-0.25, -0.2) is 4.39 Å². The van der Waals surface area contributed by atoms with Gasteiger partial charge in [-0.1, -0.05) is 28.9 Å². The fourth-order valence-corrected chi connectivity index (χ4v) is 2.95. The third-order valence-electron chi connectivity index (χ3n) is 2.19. The zero-order valence-electron chi connectivity index (χ0n) is 9.15. The van der Waals surface area contributed by atoms with Crippen LogP contribution in [-0.4, -0.2) is 21.0 Å². The largest absolute Gasteiger partial charge is 0.481 e. The number of hydrogen-bond donors (Lipinski definition) is 1. The molecule has 0 spiro atoms. The third kappa shape index (κ3) is 4.55. The molecule has 0 aliphatic rings. The van der Waals surface area contributed by atoms with Crippen LogP contribution in [0.3, 0.4) is 0 Å². The molecule has 1 aromatic rings. The molecule has 0 saturated carbocycles. The molecule has 0 radical (unpaired) electrons. The van der Waals surface area contributed by atoms with Crippen molar-refractivity contribution >= 4 is 32.7 Å². The Balaban J connectivity index is 2.65. The lowest BCUT2D eigenvalue weighted by Crippen LogP contribution is -2.18. The fourth-order valence-electron chi connectivity index (χ4n) is 1.22. The summed E-state index contributed by atoms with van der Waals surface area (Å²) in [6.45, 7) is 1.48. The highest BCUT2D eigenvalue weighted by Gasteiger charge is 2.16. The van der Waals surface area contributed by atoms with Crippen molar-refractivity contribution in [3.8, 4) is 0 Å². The second-order valence-electron chi connectivity index (χ2n) is 3.73. The van der Waals surface area contributed by atoms with E-state index >= 15 is 0 Å². The number of aliphatic carboxylic acids is 1. The minimum absolute atomic E-state index is 0.0326. The molecule has 17 heavy (non-hydrogen) atoms. The van der Waals surface area contributed by atoms with E-state index in [2.05, 4.69) is 15.9 Å². The van der Waals surface area contributed by atoms with Gasteiger partial charge in [0.05, 0.1) is 11.7 Å². The maximum atomic E-state index is 13.4. The van der Waals surface area contributed by atoms with Gasteiger partial charge in [0.2, 0.25) is 0 Å². The van der Waals surface area contributed by atoms with Crippen molar-refractivity contribution in [3.05, 3.63) is 34.1 Å². The lowest BCUT2D eigenvalue weighted by molar-refractivity contribution is -0.140. The quantitative estimate of drug-likeness (QED) is 0.906. The molecule has 2 unspecified atom stereocenters. The third-order valence-corrected chi connectivity index (χ3v) is 4.19. The Bertz CT molecular complexity index is 450. The van der Waals surface area contributed by atoms with Crippen molar-refractivity contribution in [3.63, 3.8) is 0 Å². The average molecular weight is 323 g/mol. The number of carboxylic acid groups (broad SMARTS) is 1. The van der Waals surface area contributed by atoms with E-state index in [1.165, 1.54) is 13.0 Å². The van der Waals surface area contributed by atoms with Crippen LogP contribution >= 0.6 is 15.9 Å². The van der Waals surface area contributed by atoms with E-state index in [1.807, 2.05) is 0 Å². The lowest BCUT2D eigenvalue weighted by Gasteiger charge is -2.07. The Morgan fingerprint density at radius 1 is 1.59 bits per heavy atom. The van der Waals surface area contributed by atoms with Crippen LogP contribution in [0.25, 0.3) is 0 Å². The highest BCUT2D eigenvalue weighted by molar-refractivity contribution is 9.10. The molecule has 1 aromatic carbocycles. The van der Waals surface area contributed by atoms with Gasteiger partial charge < -0.3 is 5.11 Å². The van der Waals surface area contributed by atoms with Crippen molar-refractivity contribution in [1.82, 2.24) is 0 Å². The molecule has 6 heteroatoms. The summed E-state index contributed by atoms with van der Waals surface area (Å²) in [6.07, 6.45) is 0. The van der Waals surface area contributed by atoms with Crippen molar-refractivity contribution in [1.29, 1.82) is 0 Å². The Hall–Kier alpha value is -0.750. The summed E-state index contributed by atoms with van der Waals surface area (Å²) in [7, 11) is -1.37. The Morgan fingerprint density at radius 3 is 2.76 bits per heavy atom. The zero-order valence-corrected chi connectivity index (χ0v) is 11.6. The van der Waals surface area contributed by atoms with Crippen molar-refractivity contribution in [2.45, 2.75) is 12.7 Å². The minimum atomic E-state index is -1.37. The van der Waals surface area contributed by atoms with Gasteiger partial charge in [-0.3, -0.25) is 9.00 Å².